The highest BCUT2D eigenvalue weighted by Crippen LogP contribution is 2.33. The van der Waals surface area contributed by atoms with Crippen LogP contribution in [0.1, 0.15) is 18.6 Å². The van der Waals surface area contributed by atoms with E-state index in [-0.39, 0.29) is 17.7 Å². The van der Waals surface area contributed by atoms with E-state index in [1.807, 2.05) is 67.6 Å². The summed E-state index contributed by atoms with van der Waals surface area (Å²) >= 11 is 1.42. The number of rotatable bonds is 4. The molecule has 2 aromatic carbocycles. The van der Waals surface area contributed by atoms with Crippen LogP contribution < -0.4 is 0 Å². The predicted molar refractivity (Wildman–Crippen MR) is 89.1 cm³/mol. The molecule has 0 radical (unpaired) electrons. The highest BCUT2D eigenvalue weighted by molar-refractivity contribution is 8.00. The van der Waals surface area contributed by atoms with Crippen LogP contribution >= 0.6 is 11.8 Å². The lowest BCUT2D eigenvalue weighted by Gasteiger charge is -2.19. The van der Waals surface area contributed by atoms with Gasteiger partial charge in [0.05, 0.1) is 11.8 Å². The number of amides is 2. The first kappa shape index (κ1) is 15.6. The molecule has 0 bridgehead atoms. The molecule has 23 heavy (non-hydrogen) atoms. The summed E-state index contributed by atoms with van der Waals surface area (Å²) in [5, 5.41) is 0. The van der Waals surface area contributed by atoms with E-state index in [0.717, 1.165) is 10.5 Å². The van der Waals surface area contributed by atoms with Gasteiger partial charge in [0.2, 0.25) is 5.91 Å². The second-order valence-corrected chi connectivity index (χ2v) is 6.37. The maximum absolute atomic E-state index is 12.4. The van der Waals surface area contributed by atoms with Crippen molar-refractivity contribution in [3.05, 3.63) is 66.2 Å². The van der Waals surface area contributed by atoms with Gasteiger partial charge in [-0.25, -0.2) is 9.69 Å². The number of ether oxygens (including phenoxy) is 1. The highest BCUT2D eigenvalue weighted by Gasteiger charge is 2.43. The number of hydrogen-bond donors (Lipinski definition) is 0. The van der Waals surface area contributed by atoms with Crippen LogP contribution in [0.2, 0.25) is 0 Å². The van der Waals surface area contributed by atoms with E-state index < -0.39 is 12.2 Å². The first-order chi connectivity index (χ1) is 11.2. The van der Waals surface area contributed by atoms with Gasteiger partial charge in [0.25, 0.3) is 0 Å². The van der Waals surface area contributed by atoms with E-state index in [2.05, 4.69) is 0 Å². The number of nitrogens with zero attached hydrogens (tertiary/aromatic N) is 1. The molecular weight excluding hydrogens is 310 g/mol. The largest absolute Gasteiger partial charge is 0.439 e. The number of cyclic esters (lactones) is 1. The van der Waals surface area contributed by atoms with Gasteiger partial charge >= 0.3 is 6.09 Å². The maximum Gasteiger partial charge on any atom is 0.417 e. The standard InChI is InChI=1S/C18H17NO3S/c1-13-17(14-8-4-2-5-9-14)22-18(21)19(13)16(20)12-23-15-10-6-3-7-11-15/h2-11,13,17H,12H2,1H3/t13-,17-/m1/s1. The Morgan fingerprint density at radius 2 is 1.70 bits per heavy atom. The second-order valence-electron chi connectivity index (χ2n) is 5.32. The Kier molecular flexibility index (Phi) is 4.67. The molecule has 0 aliphatic carbocycles. The van der Waals surface area contributed by atoms with Gasteiger partial charge in [-0.3, -0.25) is 4.79 Å². The van der Waals surface area contributed by atoms with Crippen molar-refractivity contribution in [2.75, 3.05) is 5.75 Å². The minimum absolute atomic E-state index is 0.213. The summed E-state index contributed by atoms with van der Waals surface area (Å²) < 4.78 is 5.40. The summed E-state index contributed by atoms with van der Waals surface area (Å²) in [5.41, 5.74) is 0.902. The average Bonchev–Trinajstić information content (AvgIpc) is 2.89. The summed E-state index contributed by atoms with van der Waals surface area (Å²) in [5.74, 6) is -0.0138. The van der Waals surface area contributed by atoms with Crippen molar-refractivity contribution >= 4 is 23.8 Å². The smallest absolute Gasteiger partial charge is 0.417 e. The van der Waals surface area contributed by atoms with Crippen LogP contribution in [0.25, 0.3) is 0 Å². The SMILES string of the molecule is C[C@@H]1[C@H](c2ccccc2)OC(=O)N1C(=O)CSc1ccccc1. The van der Waals surface area contributed by atoms with Crippen LogP contribution in [-0.4, -0.2) is 28.7 Å². The van der Waals surface area contributed by atoms with E-state index in [1.54, 1.807) is 0 Å². The van der Waals surface area contributed by atoms with Crippen molar-refractivity contribution < 1.29 is 14.3 Å². The van der Waals surface area contributed by atoms with Gasteiger partial charge in [0, 0.05) is 4.90 Å². The minimum atomic E-state index is -0.565. The van der Waals surface area contributed by atoms with Crippen LogP contribution in [0, 0.1) is 0 Å². The topological polar surface area (TPSA) is 46.6 Å². The summed E-state index contributed by atoms with van der Waals surface area (Å²) in [6.07, 6.45) is -0.973. The van der Waals surface area contributed by atoms with Crippen LogP contribution in [0.3, 0.4) is 0 Å². The van der Waals surface area contributed by atoms with E-state index in [9.17, 15) is 9.59 Å². The second kappa shape index (κ2) is 6.87. The number of benzene rings is 2. The molecule has 0 saturated carbocycles. The number of thioether (sulfide) groups is 1. The molecule has 1 heterocycles. The van der Waals surface area contributed by atoms with Gasteiger partial charge < -0.3 is 4.74 Å². The normalized spacial score (nSPS) is 20.4. The van der Waals surface area contributed by atoms with E-state index in [0.29, 0.717) is 0 Å². The number of hydrogen-bond acceptors (Lipinski definition) is 4. The molecule has 1 aliphatic heterocycles. The molecule has 0 aromatic heterocycles. The van der Waals surface area contributed by atoms with Crippen molar-refractivity contribution in [3.63, 3.8) is 0 Å². The van der Waals surface area contributed by atoms with Gasteiger partial charge in [-0.15, -0.1) is 11.8 Å². The molecule has 3 rings (SSSR count). The number of carbonyl (C=O) groups excluding carboxylic acids is 2. The molecule has 1 fully saturated rings. The molecule has 1 saturated heterocycles. The zero-order valence-electron chi connectivity index (χ0n) is 12.7. The Bertz CT molecular complexity index is 690. The molecule has 5 heteroatoms. The molecule has 0 unspecified atom stereocenters. The van der Waals surface area contributed by atoms with Gasteiger partial charge in [-0.2, -0.15) is 0 Å². The fraction of sp³-hybridized carbons (Fsp3) is 0.222. The molecule has 0 spiro atoms. The van der Waals surface area contributed by atoms with Crippen LogP contribution in [0.4, 0.5) is 4.79 Å². The lowest BCUT2D eigenvalue weighted by molar-refractivity contribution is -0.126. The molecule has 0 N–H and O–H groups in total. The summed E-state index contributed by atoms with van der Waals surface area (Å²) in [6.45, 7) is 1.84. The third-order valence-corrected chi connectivity index (χ3v) is 4.77. The zero-order chi connectivity index (χ0) is 16.2. The molecule has 2 atom stereocenters. The predicted octanol–water partition coefficient (Wildman–Crippen LogP) is 3.89. The number of imide groups is 1. The molecule has 118 valence electrons. The van der Waals surface area contributed by atoms with Crippen molar-refractivity contribution in [3.8, 4) is 0 Å². The zero-order valence-corrected chi connectivity index (χ0v) is 13.5. The third kappa shape index (κ3) is 3.40. The van der Waals surface area contributed by atoms with Gasteiger partial charge in [-0.05, 0) is 24.6 Å². The lowest BCUT2D eigenvalue weighted by atomic mass is 10.0. The maximum atomic E-state index is 12.4. The van der Waals surface area contributed by atoms with Crippen molar-refractivity contribution in [1.82, 2.24) is 4.90 Å². The van der Waals surface area contributed by atoms with Gasteiger partial charge in [0.15, 0.2) is 0 Å². The first-order valence-electron chi connectivity index (χ1n) is 7.42. The molecule has 1 aliphatic rings. The molecule has 4 nitrogen and oxygen atoms in total. The Hall–Kier alpha value is -2.27. The van der Waals surface area contributed by atoms with Crippen LogP contribution in [0.5, 0.6) is 0 Å². The fourth-order valence-electron chi connectivity index (χ4n) is 2.62. The minimum Gasteiger partial charge on any atom is -0.439 e. The molecular formula is C18H17NO3S. The fourth-order valence-corrected chi connectivity index (χ4v) is 3.39. The quantitative estimate of drug-likeness (QED) is 0.799. The van der Waals surface area contributed by atoms with Crippen molar-refractivity contribution in [2.45, 2.75) is 24.0 Å². The monoisotopic (exact) mass is 327 g/mol. The Morgan fingerprint density at radius 1 is 1.09 bits per heavy atom. The van der Waals surface area contributed by atoms with E-state index in [4.69, 9.17) is 4.74 Å². The highest BCUT2D eigenvalue weighted by atomic mass is 32.2. The van der Waals surface area contributed by atoms with E-state index in [1.165, 1.54) is 16.7 Å². The van der Waals surface area contributed by atoms with Gasteiger partial charge in [-0.1, -0.05) is 48.5 Å². The number of carbonyl (C=O) groups is 2. The Balaban J connectivity index is 1.67. The Labute approximate surface area is 139 Å². The van der Waals surface area contributed by atoms with Crippen LogP contribution in [0.15, 0.2) is 65.6 Å². The first-order valence-corrected chi connectivity index (χ1v) is 8.41. The van der Waals surface area contributed by atoms with E-state index >= 15 is 0 Å². The molecule has 2 aromatic rings. The summed E-state index contributed by atoms with van der Waals surface area (Å²) in [7, 11) is 0. The Morgan fingerprint density at radius 3 is 2.35 bits per heavy atom. The average molecular weight is 327 g/mol. The molecule has 2 amide bonds. The van der Waals surface area contributed by atoms with Crippen molar-refractivity contribution in [1.29, 1.82) is 0 Å². The lowest BCUT2D eigenvalue weighted by Crippen LogP contribution is -2.38. The summed E-state index contributed by atoms with van der Waals surface area (Å²) in [6, 6.07) is 18.8. The third-order valence-electron chi connectivity index (χ3n) is 3.77. The van der Waals surface area contributed by atoms with Crippen LogP contribution in [-0.2, 0) is 9.53 Å². The van der Waals surface area contributed by atoms with Gasteiger partial charge in [0.1, 0.15) is 6.10 Å². The van der Waals surface area contributed by atoms with Crippen molar-refractivity contribution in [2.24, 2.45) is 0 Å². The summed E-state index contributed by atoms with van der Waals surface area (Å²) in [4.78, 5) is 26.7.